The summed E-state index contributed by atoms with van der Waals surface area (Å²) >= 11 is 0. The zero-order valence-electron chi connectivity index (χ0n) is 11.5. The third kappa shape index (κ3) is 3.35. The normalized spacial score (nSPS) is 24.3. The van der Waals surface area contributed by atoms with E-state index in [0.717, 1.165) is 31.4 Å². The van der Waals surface area contributed by atoms with Gasteiger partial charge in [0.1, 0.15) is 0 Å². The molecular formula is C14H22N2O2S. The third-order valence-corrected chi connectivity index (χ3v) is 5.30. The molecule has 1 fully saturated rings. The fourth-order valence-electron chi connectivity index (χ4n) is 2.53. The van der Waals surface area contributed by atoms with Gasteiger partial charge in [0, 0.05) is 12.1 Å². The summed E-state index contributed by atoms with van der Waals surface area (Å²) in [7, 11) is -3.43. The number of hydrogen-bond acceptors (Lipinski definition) is 3. The van der Waals surface area contributed by atoms with Crippen molar-refractivity contribution in [1.29, 1.82) is 0 Å². The summed E-state index contributed by atoms with van der Waals surface area (Å²) in [5.41, 5.74) is 0.867. The Morgan fingerprint density at radius 2 is 2.11 bits per heavy atom. The second-order valence-corrected chi connectivity index (χ2v) is 6.76. The molecule has 5 heteroatoms. The molecule has 2 N–H and O–H groups in total. The maximum Gasteiger partial charge on any atom is 0.241 e. The summed E-state index contributed by atoms with van der Waals surface area (Å²) < 4.78 is 27.8. The first-order chi connectivity index (χ1) is 9.04. The summed E-state index contributed by atoms with van der Waals surface area (Å²) in [6.45, 7) is 4.96. The van der Waals surface area contributed by atoms with E-state index < -0.39 is 10.0 Å². The minimum Gasteiger partial charge on any atom is -0.313 e. The van der Waals surface area contributed by atoms with Crippen LogP contribution in [0.2, 0.25) is 0 Å². The summed E-state index contributed by atoms with van der Waals surface area (Å²) in [4.78, 5) is 0.412. The summed E-state index contributed by atoms with van der Waals surface area (Å²) in [5.74, 6) is 0. The Morgan fingerprint density at radius 1 is 1.37 bits per heavy atom. The second kappa shape index (κ2) is 6.03. The molecule has 1 aromatic rings. The molecule has 1 aromatic carbocycles. The molecule has 0 saturated carbocycles. The highest BCUT2D eigenvalue weighted by Crippen LogP contribution is 2.18. The van der Waals surface area contributed by atoms with Crippen molar-refractivity contribution in [3.8, 4) is 0 Å². The van der Waals surface area contributed by atoms with Crippen LogP contribution in [0.1, 0.15) is 32.3 Å². The van der Waals surface area contributed by atoms with Crippen LogP contribution in [0.4, 0.5) is 0 Å². The molecular weight excluding hydrogens is 260 g/mol. The molecule has 0 bridgehead atoms. The van der Waals surface area contributed by atoms with Gasteiger partial charge in [0.25, 0.3) is 0 Å². The number of nitrogens with one attached hydrogen (secondary N) is 2. The first-order valence-corrected chi connectivity index (χ1v) is 8.36. The van der Waals surface area contributed by atoms with Gasteiger partial charge in [-0.3, -0.25) is 0 Å². The van der Waals surface area contributed by atoms with E-state index in [1.165, 1.54) is 0 Å². The number of rotatable bonds is 4. The van der Waals surface area contributed by atoms with Crippen molar-refractivity contribution in [2.45, 2.75) is 50.1 Å². The SMILES string of the molecule is CCc1ccccc1S(=O)(=O)NC1CCCNC1C. The fraction of sp³-hybridized carbons (Fsp3) is 0.571. The molecule has 19 heavy (non-hydrogen) atoms. The lowest BCUT2D eigenvalue weighted by Crippen LogP contribution is -2.51. The molecule has 106 valence electrons. The Balaban J connectivity index is 2.22. The number of aryl methyl sites for hydroxylation is 1. The van der Waals surface area contributed by atoms with Gasteiger partial charge in [-0.2, -0.15) is 0 Å². The van der Waals surface area contributed by atoms with Crippen molar-refractivity contribution < 1.29 is 8.42 Å². The van der Waals surface area contributed by atoms with Gasteiger partial charge >= 0.3 is 0 Å². The monoisotopic (exact) mass is 282 g/mol. The van der Waals surface area contributed by atoms with Gasteiger partial charge in [-0.15, -0.1) is 0 Å². The van der Waals surface area contributed by atoms with Crippen molar-refractivity contribution >= 4 is 10.0 Å². The minimum absolute atomic E-state index is 0.0244. The predicted octanol–water partition coefficient (Wildman–Crippen LogP) is 1.67. The van der Waals surface area contributed by atoms with Gasteiger partial charge in [-0.1, -0.05) is 25.1 Å². The van der Waals surface area contributed by atoms with E-state index in [1.54, 1.807) is 12.1 Å². The lowest BCUT2D eigenvalue weighted by molar-refractivity contribution is 0.348. The van der Waals surface area contributed by atoms with Crippen molar-refractivity contribution in [3.05, 3.63) is 29.8 Å². The molecule has 2 rings (SSSR count). The highest BCUT2D eigenvalue weighted by molar-refractivity contribution is 7.89. The largest absolute Gasteiger partial charge is 0.313 e. The Kier molecular flexibility index (Phi) is 4.60. The summed E-state index contributed by atoms with van der Waals surface area (Å²) in [6, 6.07) is 7.36. The van der Waals surface area contributed by atoms with E-state index >= 15 is 0 Å². The Hall–Kier alpha value is -0.910. The van der Waals surface area contributed by atoms with Gasteiger partial charge in [-0.05, 0) is 44.4 Å². The number of sulfonamides is 1. The van der Waals surface area contributed by atoms with Gasteiger partial charge in [0.2, 0.25) is 10.0 Å². The standard InChI is InChI=1S/C14H22N2O2S/c1-3-12-7-4-5-9-14(12)19(17,18)16-13-8-6-10-15-11(13)2/h4-5,7,9,11,13,15-16H,3,6,8,10H2,1-2H3. The van der Waals surface area contributed by atoms with Gasteiger partial charge in [0.15, 0.2) is 0 Å². The van der Waals surface area contributed by atoms with Crippen LogP contribution in [0.3, 0.4) is 0 Å². The first kappa shape index (κ1) is 14.5. The lowest BCUT2D eigenvalue weighted by Gasteiger charge is -2.30. The molecule has 1 aliphatic heterocycles. The number of hydrogen-bond donors (Lipinski definition) is 2. The maximum atomic E-state index is 12.5. The third-order valence-electron chi connectivity index (χ3n) is 3.71. The number of piperidine rings is 1. The quantitative estimate of drug-likeness (QED) is 0.883. The maximum absolute atomic E-state index is 12.5. The van der Waals surface area contributed by atoms with E-state index in [-0.39, 0.29) is 12.1 Å². The molecule has 1 saturated heterocycles. The molecule has 0 radical (unpaired) electrons. The molecule has 0 amide bonds. The van der Waals surface area contributed by atoms with Gasteiger partial charge in [0.05, 0.1) is 4.90 Å². The Labute approximate surface area is 115 Å². The highest BCUT2D eigenvalue weighted by Gasteiger charge is 2.27. The molecule has 0 aliphatic carbocycles. The van der Waals surface area contributed by atoms with E-state index in [9.17, 15) is 8.42 Å². The van der Waals surface area contributed by atoms with Crippen LogP contribution in [-0.2, 0) is 16.4 Å². The topological polar surface area (TPSA) is 58.2 Å². The first-order valence-electron chi connectivity index (χ1n) is 6.88. The molecule has 2 unspecified atom stereocenters. The van der Waals surface area contributed by atoms with Crippen LogP contribution in [0.15, 0.2) is 29.2 Å². The average molecular weight is 282 g/mol. The fourth-order valence-corrected chi connectivity index (χ4v) is 4.19. The van der Waals surface area contributed by atoms with E-state index in [1.807, 2.05) is 26.0 Å². The molecule has 1 aliphatic rings. The van der Waals surface area contributed by atoms with Gasteiger partial charge < -0.3 is 5.32 Å². The molecule has 4 nitrogen and oxygen atoms in total. The zero-order chi connectivity index (χ0) is 13.9. The van der Waals surface area contributed by atoms with Crippen LogP contribution in [-0.4, -0.2) is 27.0 Å². The van der Waals surface area contributed by atoms with Crippen LogP contribution in [0.25, 0.3) is 0 Å². The molecule has 2 atom stereocenters. The highest BCUT2D eigenvalue weighted by atomic mass is 32.2. The summed E-state index contributed by atoms with van der Waals surface area (Å²) in [6.07, 6.45) is 2.62. The van der Waals surface area contributed by atoms with Gasteiger partial charge in [-0.25, -0.2) is 13.1 Å². The van der Waals surface area contributed by atoms with Crippen molar-refractivity contribution in [3.63, 3.8) is 0 Å². The van der Waals surface area contributed by atoms with Crippen molar-refractivity contribution in [2.75, 3.05) is 6.54 Å². The summed E-state index contributed by atoms with van der Waals surface area (Å²) in [5, 5.41) is 3.31. The van der Waals surface area contributed by atoms with E-state index in [4.69, 9.17) is 0 Å². The van der Waals surface area contributed by atoms with Crippen LogP contribution < -0.4 is 10.0 Å². The van der Waals surface area contributed by atoms with Crippen molar-refractivity contribution in [2.24, 2.45) is 0 Å². The lowest BCUT2D eigenvalue weighted by atomic mass is 10.0. The zero-order valence-corrected chi connectivity index (χ0v) is 12.3. The van der Waals surface area contributed by atoms with Crippen molar-refractivity contribution in [1.82, 2.24) is 10.0 Å². The van der Waals surface area contributed by atoms with E-state index in [2.05, 4.69) is 10.0 Å². The van der Waals surface area contributed by atoms with Crippen LogP contribution in [0.5, 0.6) is 0 Å². The minimum atomic E-state index is -3.43. The number of benzene rings is 1. The second-order valence-electron chi connectivity index (χ2n) is 5.07. The predicted molar refractivity (Wildman–Crippen MR) is 76.6 cm³/mol. The molecule has 1 heterocycles. The Bertz CT molecular complexity index is 528. The van der Waals surface area contributed by atoms with Crippen LogP contribution in [0, 0.1) is 0 Å². The Morgan fingerprint density at radius 3 is 2.79 bits per heavy atom. The molecule has 0 spiro atoms. The van der Waals surface area contributed by atoms with Crippen LogP contribution >= 0.6 is 0 Å². The van der Waals surface area contributed by atoms with E-state index in [0.29, 0.717) is 4.90 Å². The molecule has 0 aromatic heterocycles. The average Bonchev–Trinajstić information content (AvgIpc) is 2.41. The smallest absolute Gasteiger partial charge is 0.241 e.